The van der Waals surface area contributed by atoms with Crippen LogP contribution in [-0.2, 0) is 0 Å². The summed E-state index contributed by atoms with van der Waals surface area (Å²) in [5, 5.41) is 8.81. The zero-order chi connectivity index (χ0) is 9.68. The minimum absolute atomic E-state index is 0.329. The summed E-state index contributed by atoms with van der Waals surface area (Å²) in [7, 11) is 0. The van der Waals surface area contributed by atoms with Crippen LogP contribution in [-0.4, -0.2) is 35.2 Å². The van der Waals surface area contributed by atoms with Gasteiger partial charge in [-0.15, -0.1) is 0 Å². The summed E-state index contributed by atoms with van der Waals surface area (Å²) in [5.41, 5.74) is 0. The highest BCUT2D eigenvalue weighted by Crippen LogP contribution is 2.24. The first-order valence-electron chi connectivity index (χ1n) is 5.62. The highest BCUT2D eigenvalue weighted by Gasteiger charge is 2.23. The number of nitrogens with zero attached hydrogens (tertiary/aromatic N) is 1. The summed E-state index contributed by atoms with van der Waals surface area (Å²) in [4.78, 5) is 2.56. The maximum atomic E-state index is 8.81. The smallest absolute Gasteiger partial charge is 0.0443 e. The predicted molar refractivity (Wildman–Crippen MR) is 55.8 cm³/mol. The van der Waals surface area contributed by atoms with Crippen molar-refractivity contribution in [2.75, 3.05) is 13.2 Å². The van der Waals surface area contributed by atoms with Crippen molar-refractivity contribution in [2.45, 2.75) is 58.0 Å². The Labute approximate surface area is 81.9 Å². The van der Waals surface area contributed by atoms with Gasteiger partial charge in [0.15, 0.2) is 0 Å². The van der Waals surface area contributed by atoms with Gasteiger partial charge in [0.2, 0.25) is 0 Å². The minimum Gasteiger partial charge on any atom is -0.396 e. The van der Waals surface area contributed by atoms with E-state index < -0.39 is 0 Å². The van der Waals surface area contributed by atoms with Crippen LogP contribution in [0, 0.1) is 0 Å². The predicted octanol–water partition coefficient (Wildman–Crippen LogP) is 2.02. The Kier molecular flexibility index (Phi) is 4.74. The van der Waals surface area contributed by atoms with Crippen molar-refractivity contribution in [3.05, 3.63) is 0 Å². The van der Waals surface area contributed by atoms with E-state index in [-0.39, 0.29) is 0 Å². The van der Waals surface area contributed by atoms with Gasteiger partial charge in [0.1, 0.15) is 0 Å². The van der Waals surface area contributed by atoms with E-state index in [2.05, 4.69) is 18.7 Å². The monoisotopic (exact) mass is 185 g/mol. The second-order valence-electron chi connectivity index (χ2n) is 4.35. The molecule has 0 saturated heterocycles. The quantitative estimate of drug-likeness (QED) is 0.708. The molecule has 0 aromatic heterocycles. The first-order chi connectivity index (χ1) is 6.25. The van der Waals surface area contributed by atoms with Crippen molar-refractivity contribution in [3.63, 3.8) is 0 Å². The van der Waals surface area contributed by atoms with Gasteiger partial charge in [0.05, 0.1) is 0 Å². The van der Waals surface area contributed by atoms with E-state index in [1.807, 2.05) is 0 Å². The molecule has 78 valence electrons. The molecule has 13 heavy (non-hydrogen) atoms. The second kappa shape index (κ2) is 5.61. The average molecular weight is 185 g/mol. The minimum atomic E-state index is 0.329. The zero-order valence-electron chi connectivity index (χ0n) is 9.00. The molecule has 0 aromatic rings. The van der Waals surface area contributed by atoms with E-state index in [0.29, 0.717) is 12.6 Å². The summed E-state index contributed by atoms with van der Waals surface area (Å²) in [5.74, 6) is 0. The van der Waals surface area contributed by atoms with Crippen molar-refractivity contribution in [1.82, 2.24) is 4.90 Å². The number of aliphatic hydroxyl groups excluding tert-OH is 1. The van der Waals surface area contributed by atoms with Gasteiger partial charge in [-0.25, -0.2) is 0 Å². The highest BCUT2D eigenvalue weighted by atomic mass is 16.3. The Morgan fingerprint density at radius 1 is 1.31 bits per heavy atom. The lowest BCUT2D eigenvalue weighted by Crippen LogP contribution is -2.39. The van der Waals surface area contributed by atoms with Gasteiger partial charge >= 0.3 is 0 Å². The second-order valence-corrected chi connectivity index (χ2v) is 4.35. The number of hydrogen-bond acceptors (Lipinski definition) is 2. The highest BCUT2D eigenvalue weighted by molar-refractivity contribution is 4.79. The first kappa shape index (κ1) is 11.0. The zero-order valence-corrected chi connectivity index (χ0v) is 9.00. The van der Waals surface area contributed by atoms with Crippen molar-refractivity contribution < 1.29 is 5.11 Å². The fourth-order valence-corrected chi connectivity index (χ4v) is 2.35. The Morgan fingerprint density at radius 2 is 1.92 bits per heavy atom. The summed E-state index contributed by atoms with van der Waals surface area (Å²) in [6.07, 6.45) is 6.45. The molecule has 1 N–H and O–H groups in total. The number of hydrogen-bond donors (Lipinski definition) is 1. The number of rotatable bonds is 5. The lowest BCUT2D eigenvalue weighted by atomic mass is 10.1. The standard InChI is InChI=1S/C11H23NO/c1-10(2)12(8-5-9-13)11-6-3-4-7-11/h10-11,13H,3-9H2,1-2H3. The lowest BCUT2D eigenvalue weighted by molar-refractivity contribution is 0.139. The molecule has 1 aliphatic rings. The molecule has 0 radical (unpaired) electrons. The summed E-state index contributed by atoms with van der Waals surface area (Å²) in [6.45, 7) is 5.92. The molecule has 0 amide bonds. The van der Waals surface area contributed by atoms with Gasteiger partial charge in [0, 0.05) is 25.2 Å². The van der Waals surface area contributed by atoms with E-state index in [1.54, 1.807) is 0 Å². The molecular weight excluding hydrogens is 162 g/mol. The third-order valence-electron chi connectivity index (χ3n) is 3.03. The third kappa shape index (κ3) is 3.28. The Balaban J connectivity index is 2.36. The number of aliphatic hydroxyl groups is 1. The normalized spacial score (nSPS) is 19.2. The van der Waals surface area contributed by atoms with Crippen LogP contribution in [0.5, 0.6) is 0 Å². The van der Waals surface area contributed by atoms with E-state index in [0.717, 1.165) is 19.0 Å². The Bertz CT molecular complexity index is 130. The van der Waals surface area contributed by atoms with E-state index in [1.165, 1.54) is 25.7 Å². The Morgan fingerprint density at radius 3 is 2.38 bits per heavy atom. The maximum Gasteiger partial charge on any atom is 0.0443 e. The van der Waals surface area contributed by atoms with Crippen LogP contribution in [0.25, 0.3) is 0 Å². The van der Waals surface area contributed by atoms with Crippen LogP contribution in [0.2, 0.25) is 0 Å². The largest absolute Gasteiger partial charge is 0.396 e. The molecule has 0 bridgehead atoms. The molecule has 1 rings (SSSR count). The molecule has 0 atom stereocenters. The maximum absolute atomic E-state index is 8.81. The fraction of sp³-hybridized carbons (Fsp3) is 1.00. The van der Waals surface area contributed by atoms with Gasteiger partial charge in [-0.2, -0.15) is 0 Å². The Hall–Kier alpha value is -0.0800. The van der Waals surface area contributed by atoms with Crippen molar-refractivity contribution in [3.8, 4) is 0 Å². The average Bonchev–Trinajstić information content (AvgIpc) is 2.57. The topological polar surface area (TPSA) is 23.5 Å². The lowest BCUT2D eigenvalue weighted by Gasteiger charge is -2.32. The van der Waals surface area contributed by atoms with Crippen LogP contribution in [0.15, 0.2) is 0 Å². The van der Waals surface area contributed by atoms with Crippen LogP contribution >= 0.6 is 0 Å². The third-order valence-corrected chi connectivity index (χ3v) is 3.03. The molecule has 0 heterocycles. The first-order valence-corrected chi connectivity index (χ1v) is 5.62. The van der Waals surface area contributed by atoms with Gasteiger partial charge in [-0.3, -0.25) is 4.90 Å². The van der Waals surface area contributed by atoms with Crippen LogP contribution in [0.1, 0.15) is 46.0 Å². The van der Waals surface area contributed by atoms with E-state index >= 15 is 0 Å². The van der Waals surface area contributed by atoms with Gasteiger partial charge in [0.25, 0.3) is 0 Å². The molecule has 1 fully saturated rings. The van der Waals surface area contributed by atoms with Crippen molar-refractivity contribution >= 4 is 0 Å². The molecule has 1 aliphatic carbocycles. The van der Waals surface area contributed by atoms with Gasteiger partial charge < -0.3 is 5.11 Å². The molecule has 2 heteroatoms. The van der Waals surface area contributed by atoms with Crippen LogP contribution in [0.3, 0.4) is 0 Å². The van der Waals surface area contributed by atoms with Crippen LogP contribution < -0.4 is 0 Å². The molecule has 0 aliphatic heterocycles. The SMILES string of the molecule is CC(C)N(CCCO)C1CCCC1. The van der Waals surface area contributed by atoms with Crippen molar-refractivity contribution in [2.24, 2.45) is 0 Å². The van der Waals surface area contributed by atoms with E-state index in [4.69, 9.17) is 5.11 Å². The molecule has 1 saturated carbocycles. The fourth-order valence-electron chi connectivity index (χ4n) is 2.35. The molecular formula is C11H23NO. The van der Waals surface area contributed by atoms with Gasteiger partial charge in [-0.1, -0.05) is 12.8 Å². The molecule has 0 spiro atoms. The summed E-state index contributed by atoms with van der Waals surface area (Å²) < 4.78 is 0. The van der Waals surface area contributed by atoms with Gasteiger partial charge in [-0.05, 0) is 33.1 Å². The molecule has 0 unspecified atom stereocenters. The van der Waals surface area contributed by atoms with Crippen molar-refractivity contribution in [1.29, 1.82) is 0 Å². The summed E-state index contributed by atoms with van der Waals surface area (Å²) in [6, 6.07) is 1.43. The molecule has 0 aromatic carbocycles. The van der Waals surface area contributed by atoms with E-state index in [9.17, 15) is 0 Å². The molecule has 2 nitrogen and oxygen atoms in total. The summed E-state index contributed by atoms with van der Waals surface area (Å²) >= 11 is 0. The van der Waals surface area contributed by atoms with Crippen LogP contribution in [0.4, 0.5) is 0 Å².